The predicted molar refractivity (Wildman–Crippen MR) is 76.2 cm³/mol. The van der Waals surface area contributed by atoms with E-state index in [-0.39, 0.29) is 10.8 Å². The molecule has 0 bridgehead atoms. The Labute approximate surface area is 117 Å². The molecule has 0 radical (unpaired) electrons. The number of benzene rings is 2. The fraction of sp³-hybridized carbons (Fsp3) is 0.200. The Balaban J connectivity index is 2.45. The van der Waals surface area contributed by atoms with E-state index in [1.54, 1.807) is 19.1 Å². The van der Waals surface area contributed by atoms with Gasteiger partial charge in [0.2, 0.25) is 6.04 Å². The number of nitro groups is 1. The molecule has 0 heterocycles. The molecule has 0 amide bonds. The van der Waals surface area contributed by atoms with Gasteiger partial charge in [-0.3, -0.25) is 10.1 Å². The summed E-state index contributed by atoms with van der Waals surface area (Å²) >= 11 is 5.87. The van der Waals surface area contributed by atoms with E-state index < -0.39 is 6.04 Å². The minimum Gasteiger partial charge on any atom is -0.264 e. The molecule has 2 aromatic rings. The molecule has 3 nitrogen and oxygen atoms in total. The average molecular weight is 276 g/mol. The van der Waals surface area contributed by atoms with Crippen molar-refractivity contribution in [1.82, 2.24) is 0 Å². The maximum absolute atomic E-state index is 11.1. The highest BCUT2D eigenvalue weighted by molar-refractivity contribution is 6.30. The molecule has 0 saturated heterocycles. The van der Waals surface area contributed by atoms with Crippen LogP contribution in [0.15, 0.2) is 54.6 Å². The summed E-state index contributed by atoms with van der Waals surface area (Å²) in [5.41, 5.74) is 1.84. The summed E-state index contributed by atoms with van der Waals surface area (Å²) in [4.78, 5) is 10.9. The minimum atomic E-state index is -0.691. The molecule has 0 unspecified atom stereocenters. The van der Waals surface area contributed by atoms with Crippen LogP contribution in [0.3, 0.4) is 0 Å². The van der Waals surface area contributed by atoms with Crippen molar-refractivity contribution in [2.45, 2.75) is 18.9 Å². The van der Waals surface area contributed by atoms with Crippen LogP contribution < -0.4 is 0 Å². The highest BCUT2D eigenvalue weighted by Gasteiger charge is 2.29. The Hall–Kier alpha value is -1.87. The van der Waals surface area contributed by atoms with Gasteiger partial charge in [-0.05, 0) is 23.3 Å². The first-order valence-electron chi connectivity index (χ1n) is 6.03. The van der Waals surface area contributed by atoms with E-state index in [0.717, 1.165) is 11.1 Å². The van der Waals surface area contributed by atoms with E-state index in [2.05, 4.69) is 0 Å². The van der Waals surface area contributed by atoms with Crippen LogP contribution in [0, 0.1) is 10.1 Å². The van der Waals surface area contributed by atoms with Crippen LogP contribution in [0.2, 0.25) is 5.02 Å². The largest absolute Gasteiger partial charge is 0.264 e. The van der Waals surface area contributed by atoms with E-state index in [0.29, 0.717) is 5.02 Å². The Morgan fingerprint density at radius 3 is 2.05 bits per heavy atom. The maximum atomic E-state index is 11.1. The fourth-order valence-corrected chi connectivity index (χ4v) is 2.33. The molecule has 2 aromatic carbocycles. The zero-order valence-corrected chi connectivity index (χ0v) is 11.2. The molecular formula is C15H14ClNO2. The van der Waals surface area contributed by atoms with Crippen molar-refractivity contribution in [2.75, 3.05) is 0 Å². The van der Waals surface area contributed by atoms with Crippen molar-refractivity contribution < 1.29 is 4.92 Å². The maximum Gasteiger partial charge on any atom is 0.221 e. The van der Waals surface area contributed by atoms with Gasteiger partial charge < -0.3 is 0 Å². The van der Waals surface area contributed by atoms with E-state index in [1.165, 1.54) is 0 Å². The summed E-state index contributed by atoms with van der Waals surface area (Å²) in [6, 6.07) is 16.1. The van der Waals surface area contributed by atoms with E-state index >= 15 is 0 Å². The van der Waals surface area contributed by atoms with Crippen LogP contribution in [0.5, 0.6) is 0 Å². The van der Waals surface area contributed by atoms with Gasteiger partial charge in [0.1, 0.15) is 0 Å². The summed E-state index contributed by atoms with van der Waals surface area (Å²) < 4.78 is 0. The van der Waals surface area contributed by atoms with Crippen molar-refractivity contribution in [3.8, 4) is 0 Å². The third-order valence-electron chi connectivity index (χ3n) is 3.20. The molecule has 4 heteroatoms. The Morgan fingerprint density at radius 1 is 1.00 bits per heavy atom. The van der Waals surface area contributed by atoms with Crippen LogP contribution in [0.25, 0.3) is 0 Å². The smallest absolute Gasteiger partial charge is 0.221 e. The molecule has 0 N–H and O–H groups in total. The highest BCUT2D eigenvalue weighted by atomic mass is 35.5. The molecule has 0 aliphatic heterocycles. The van der Waals surface area contributed by atoms with Crippen LogP contribution in [0.1, 0.15) is 24.0 Å². The number of nitrogens with zero attached hydrogens (tertiary/aromatic N) is 1. The quantitative estimate of drug-likeness (QED) is 0.622. The first-order valence-corrected chi connectivity index (χ1v) is 6.41. The van der Waals surface area contributed by atoms with E-state index in [4.69, 9.17) is 11.6 Å². The lowest BCUT2D eigenvalue weighted by Crippen LogP contribution is -2.25. The number of hydrogen-bond acceptors (Lipinski definition) is 2. The normalized spacial score (nSPS) is 13.8. The summed E-state index contributed by atoms with van der Waals surface area (Å²) in [5, 5.41) is 11.8. The van der Waals surface area contributed by atoms with E-state index in [9.17, 15) is 10.1 Å². The van der Waals surface area contributed by atoms with Gasteiger partial charge in [0.15, 0.2) is 0 Å². The molecule has 0 saturated carbocycles. The first-order chi connectivity index (χ1) is 9.09. The van der Waals surface area contributed by atoms with Crippen LogP contribution in [0.4, 0.5) is 0 Å². The second kappa shape index (κ2) is 5.85. The van der Waals surface area contributed by atoms with Gasteiger partial charge in [-0.2, -0.15) is 0 Å². The third kappa shape index (κ3) is 3.12. The summed E-state index contributed by atoms with van der Waals surface area (Å²) in [5.74, 6) is -0.270. The standard InChI is InChI=1S/C15H14ClNO2/c1-11(17(18)19)15(12-5-3-2-4-6-12)13-7-9-14(16)10-8-13/h2-11,15H,1H3/t11-,15+/m0/s1. The number of halogens is 1. The molecular weight excluding hydrogens is 262 g/mol. The van der Waals surface area contributed by atoms with Crippen LogP contribution in [-0.2, 0) is 0 Å². The lowest BCUT2D eigenvalue weighted by atomic mass is 9.86. The van der Waals surface area contributed by atoms with Gasteiger partial charge in [-0.25, -0.2) is 0 Å². The van der Waals surface area contributed by atoms with Crippen molar-refractivity contribution in [2.24, 2.45) is 0 Å². The third-order valence-corrected chi connectivity index (χ3v) is 3.45. The first kappa shape index (κ1) is 13.6. The molecule has 2 atom stereocenters. The van der Waals surface area contributed by atoms with Gasteiger partial charge >= 0.3 is 0 Å². The number of hydrogen-bond donors (Lipinski definition) is 0. The van der Waals surface area contributed by atoms with Gasteiger partial charge in [0, 0.05) is 16.9 Å². The van der Waals surface area contributed by atoms with Crippen molar-refractivity contribution in [3.05, 3.63) is 80.9 Å². The zero-order valence-electron chi connectivity index (χ0n) is 10.5. The molecule has 19 heavy (non-hydrogen) atoms. The zero-order chi connectivity index (χ0) is 13.8. The predicted octanol–water partition coefficient (Wildman–Crippen LogP) is 4.14. The molecule has 0 spiro atoms. The van der Waals surface area contributed by atoms with Gasteiger partial charge in [0.25, 0.3) is 0 Å². The molecule has 0 aromatic heterocycles. The van der Waals surface area contributed by atoms with Crippen molar-refractivity contribution >= 4 is 11.6 Å². The topological polar surface area (TPSA) is 43.1 Å². The monoisotopic (exact) mass is 275 g/mol. The van der Waals surface area contributed by atoms with Gasteiger partial charge in [-0.1, -0.05) is 54.1 Å². The minimum absolute atomic E-state index is 0.244. The van der Waals surface area contributed by atoms with Gasteiger partial charge in [-0.15, -0.1) is 0 Å². The average Bonchev–Trinajstić information content (AvgIpc) is 2.42. The van der Waals surface area contributed by atoms with Gasteiger partial charge in [0.05, 0.1) is 5.92 Å². The SMILES string of the molecule is C[C@@H]([C@H](c1ccccc1)c1ccc(Cl)cc1)[N+](=O)[O-]. The second-order valence-electron chi connectivity index (χ2n) is 4.47. The Kier molecular flexibility index (Phi) is 4.17. The molecule has 0 aliphatic rings. The summed E-state index contributed by atoms with van der Waals surface area (Å²) in [6.07, 6.45) is 0. The summed E-state index contributed by atoms with van der Waals surface area (Å²) in [7, 11) is 0. The fourth-order valence-electron chi connectivity index (χ4n) is 2.20. The lowest BCUT2D eigenvalue weighted by Gasteiger charge is -2.19. The Morgan fingerprint density at radius 2 is 1.53 bits per heavy atom. The van der Waals surface area contributed by atoms with Crippen LogP contribution in [-0.4, -0.2) is 11.0 Å². The molecule has 2 rings (SSSR count). The summed E-state index contributed by atoms with van der Waals surface area (Å²) in [6.45, 7) is 1.63. The highest BCUT2D eigenvalue weighted by Crippen LogP contribution is 2.30. The number of rotatable bonds is 4. The Bertz CT molecular complexity index is 554. The molecule has 98 valence electrons. The van der Waals surface area contributed by atoms with E-state index in [1.807, 2.05) is 42.5 Å². The van der Waals surface area contributed by atoms with Crippen LogP contribution >= 0.6 is 11.6 Å². The molecule has 0 aliphatic carbocycles. The van der Waals surface area contributed by atoms with Crippen molar-refractivity contribution in [3.63, 3.8) is 0 Å². The lowest BCUT2D eigenvalue weighted by molar-refractivity contribution is -0.520. The van der Waals surface area contributed by atoms with Crippen molar-refractivity contribution in [1.29, 1.82) is 0 Å². The second-order valence-corrected chi connectivity index (χ2v) is 4.90. The molecule has 0 fully saturated rings.